The van der Waals surface area contributed by atoms with Crippen LogP contribution in [-0.2, 0) is 9.59 Å². The predicted octanol–water partition coefficient (Wildman–Crippen LogP) is 4.70. The quantitative estimate of drug-likeness (QED) is 0.564. The van der Waals surface area contributed by atoms with Gasteiger partial charge in [-0.3, -0.25) is 14.5 Å². The number of hydrogen-bond acceptors (Lipinski definition) is 4. The highest BCUT2D eigenvalue weighted by atomic mass is 32.2. The molecule has 1 aliphatic carbocycles. The van der Waals surface area contributed by atoms with Crippen molar-refractivity contribution in [2.45, 2.75) is 23.8 Å². The van der Waals surface area contributed by atoms with Gasteiger partial charge in [-0.1, -0.05) is 12.1 Å². The molecule has 0 bridgehead atoms. The van der Waals surface area contributed by atoms with Gasteiger partial charge in [0.2, 0.25) is 0 Å². The summed E-state index contributed by atoms with van der Waals surface area (Å²) in [5.41, 5.74) is -0.232. The van der Waals surface area contributed by atoms with Crippen LogP contribution in [0, 0.1) is 23.4 Å². The highest BCUT2D eigenvalue weighted by molar-refractivity contribution is 7.98. The molecular formula is C21H16F3NO3S. The Morgan fingerprint density at radius 3 is 2.31 bits per heavy atom. The number of rotatable bonds is 5. The molecule has 2 aromatic carbocycles. The van der Waals surface area contributed by atoms with E-state index in [0.717, 1.165) is 15.9 Å². The lowest BCUT2D eigenvalue weighted by atomic mass is 9.94. The third-order valence-corrected chi connectivity index (χ3v) is 5.87. The van der Waals surface area contributed by atoms with Crippen molar-refractivity contribution < 1.29 is 27.9 Å². The van der Waals surface area contributed by atoms with E-state index in [4.69, 9.17) is 0 Å². The Kier molecular flexibility index (Phi) is 4.90. The van der Waals surface area contributed by atoms with E-state index in [9.17, 15) is 27.9 Å². The van der Waals surface area contributed by atoms with Gasteiger partial charge in [0.1, 0.15) is 0 Å². The topological polar surface area (TPSA) is 57.6 Å². The number of carbonyl (C=O) groups excluding carboxylic acids is 2. The van der Waals surface area contributed by atoms with E-state index in [2.05, 4.69) is 0 Å². The van der Waals surface area contributed by atoms with E-state index in [1.165, 1.54) is 11.8 Å². The monoisotopic (exact) mass is 419 g/mol. The molecule has 0 spiro atoms. The number of carbonyl (C=O) groups is 2. The van der Waals surface area contributed by atoms with Crippen LogP contribution in [0.3, 0.4) is 0 Å². The molecule has 2 aromatic rings. The Bertz CT molecular complexity index is 1050. The van der Waals surface area contributed by atoms with Gasteiger partial charge in [-0.25, -0.2) is 13.2 Å². The summed E-state index contributed by atoms with van der Waals surface area (Å²) >= 11 is 1.49. The lowest BCUT2D eigenvalue weighted by molar-refractivity contribution is -0.118. The lowest BCUT2D eigenvalue weighted by Gasteiger charge is -2.27. The number of anilines is 1. The first-order valence-corrected chi connectivity index (χ1v) is 10.2. The van der Waals surface area contributed by atoms with Gasteiger partial charge in [0.25, 0.3) is 5.91 Å². The third kappa shape index (κ3) is 3.21. The van der Waals surface area contributed by atoms with Gasteiger partial charge in [-0.2, -0.15) is 0 Å². The van der Waals surface area contributed by atoms with Crippen molar-refractivity contribution in [3.05, 3.63) is 70.7 Å². The van der Waals surface area contributed by atoms with Gasteiger partial charge in [0.05, 0.1) is 17.3 Å². The Labute approximate surface area is 169 Å². The zero-order valence-electron chi connectivity index (χ0n) is 15.3. The smallest absolute Gasteiger partial charge is 0.294 e. The molecule has 4 nitrogen and oxygen atoms in total. The first-order valence-electron chi connectivity index (χ1n) is 8.93. The number of benzene rings is 2. The Morgan fingerprint density at radius 1 is 1.07 bits per heavy atom. The minimum atomic E-state index is -1.73. The lowest BCUT2D eigenvalue weighted by Crippen LogP contribution is -2.32. The summed E-state index contributed by atoms with van der Waals surface area (Å²) < 4.78 is 41.8. The fourth-order valence-electron chi connectivity index (χ4n) is 3.47. The SMILES string of the molecule is CSc1ccc([C@H]2C(C(=O)C3CC3)=C(O)C(=O)N2c2ccc(F)c(F)c2F)cc1. The number of hydrogen-bond donors (Lipinski definition) is 1. The zero-order valence-corrected chi connectivity index (χ0v) is 16.1. The van der Waals surface area contributed by atoms with Gasteiger partial charge in [-0.15, -0.1) is 11.8 Å². The fourth-order valence-corrected chi connectivity index (χ4v) is 3.88. The average molecular weight is 419 g/mol. The van der Waals surface area contributed by atoms with E-state index in [1.54, 1.807) is 24.3 Å². The fraction of sp³-hybridized carbons (Fsp3) is 0.238. The molecule has 1 saturated carbocycles. The summed E-state index contributed by atoms with van der Waals surface area (Å²) in [5, 5.41) is 10.5. The first kappa shape index (κ1) is 19.6. The van der Waals surface area contributed by atoms with Crippen molar-refractivity contribution in [1.82, 2.24) is 0 Å². The van der Waals surface area contributed by atoms with Crippen LogP contribution in [0.25, 0.3) is 0 Å². The maximum atomic E-state index is 14.5. The molecule has 0 aromatic heterocycles. The van der Waals surface area contributed by atoms with Gasteiger partial charge in [0, 0.05) is 10.8 Å². The number of halogens is 3. The molecule has 150 valence electrons. The van der Waals surface area contributed by atoms with Crippen molar-refractivity contribution in [1.29, 1.82) is 0 Å². The number of nitrogens with zero attached hydrogens (tertiary/aromatic N) is 1. The molecule has 1 atom stereocenters. The Balaban J connectivity index is 1.88. The maximum Gasteiger partial charge on any atom is 0.294 e. The van der Waals surface area contributed by atoms with E-state index in [0.29, 0.717) is 24.5 Å². The summed E-state index contributed by atoms with van der Waals surface area (Å²) in [6.07, 6.45) is 3.16. The molecule has 0 unspecified atom stereocenters. The van der Waals surface area contributed by atoms with E-state index < -0.39 is 40.8 Å². The molecule has 1 heterocycles. The van der Waals surface area contributed by atoms with Crippen LogP contribution < -0.4 is 4.90 Å². The normalized spacial score (nSPS) is 19.2. The summed E-state index contributed by atoms with van der Waals surface area (Å²) in [6.45, 7) is 0. The molecule has 1 fully saturated rings. The minimum Gasteiger partial charge on any atom is -0.503 e. The van der Waals surface area contributed by atoms with Crippen LogP contribution in [-0.4, -0.2) is 23.1 Å². The molecule has 1 N–H and O–H groups in total. The molecule has 0 radical (unpaired) electrons. The zero-order chi connectivity index (χ0) is 20.9. The highest BCUT2D eigenvalue weighted by Gasteiger charge is 2.48. The number of ketones is 1. The molecular weight excluding hydrogens is 403 g/mol. The molecule has 29 heavy (non-hydrogen) atoms. The second kappa shape index (κ2) is 7.26. The van der Waals surface area contributed by atoms with Crippen molar-refractivity contribution in [2.24, 2.45) is 5.92 Å². The summed E-state index contributed by atoms with van der Waals surface area (Å²) in [5.74, 6) is -7.19. The van der Waals surface area contributed by atoms with Crippen LogP contribution in [0.4, 0.5) is 18.9 Å². The molecule has 8 heteroatoms. The standard InChI is InChI=1S/C21H16F3NO3S/c1-29-12-6-4-10(5-7-12)18-15(19(26)11-2-3-11)20(27)21(28)25(18)14-9-8-13(22)16(23)17(14)24/h4-9,11,18,27H,2-3H2,1H3/t18-/m0/s1. The van der Waals surface area contributed by atoms with Gasteiger partial charge >= 0.3 is 0 Å². The van der Waals surface area contributed by atoms with Crippen LogP contribution in [0.5, 0.6) is 0 Å². The van der Waals surface area contributed by atoms with Crippen LogP contribution in [0.2, 0.25) is 0 Å². The summed E-state index contributed by atoms with van der Waals surface area (Å²) in [7, 11) is 0. The summed E-state index contributed by atoms with van der Waals surface area (Å²) in [6, 6.07) is 7.34. The number of aliphatic hydroxyl groups is 1. The van der Waals surface area contributed by atoms with Crippen LogP contribution in [0.1, 0.15) is 24.4 Å². The third-order valence-electron chi connectivity index (χ3n) is 5.13. The minimum absolute atomic E-state index is 0.140. The van der Waals surface area contributed by atoms with Gasteiger partial charge in [-0.05, 0) is 48.9 Å². The molecule has 1 amide bonds. The highest BCUT2D eigenvalue weighted by Crippen LogP contribution is 2.46. The van der Waals surface area contributed by atoms with Gasteiger partial charge < -0.3 is 5.11 Å². The number of aliphatic hydroxyl groups excluding tert-OH is 1. The van der Waals surface area contributed by atoms with Crippen LogP contribution >= 0.6 is 11.8 Å². The van der Waals surface area contributed by atoms with Crippen LogP contribution in [0.15, 0.2) is 52.6 Å². The average Bonchev–Trinajstić information content (AvgIpc) is 3.54. The Morgan fingerprint density at radius 2 is 1.72 bits per heavy atom. The Hall–Kier alpha value is -2.74. The second-order valence-corrected chi connectivity index (χ2v) is 7.83. The molecule has 0 saturated heterocycles. The predicted molar refractivity (Wildman–Crippen MR) is 102 cm³/mol. The molecule has 1 aliphatic heterocycles. The van der Waals surface area contributed by atoms with E-state index in [1.807, 2.05) is 6.26 Å². The van der Waals surface area contributed by atoms with Crippen molar-refractivity contribution >= 4 is 29.1 Å². The number of thioether (sulfide) groups is 1. The maximum absolute atomic E-state index is 14.5. The largest absolute Gasteiger partial charge is 0.503 e. The second-order valence-electron chi connectivity index (χ2n) is 6.95. The number of Topliss-reactive ketones (excluding diaryl/α,β-unsaturated/α-hetero) is 1. The summed E-state index contributed by atoms with van der Waals surface area (Å²) in [4.78, 5) is 27.4. The van der Waals surface area contributed by atoms with Crippen molar-refractivity contribution in [2.75, 3.05) is 11.2 Å². The van der Waals surface area contributed by atoms with Gasteiger partial charge in [0.15, 0.2) is 29.0 Å². The van der Waals surface area contributed by atoms with E-state index >= 15 is 0 Å². The number of amides is 1. The van der Waals surface area contributed by atoms with Crippen molar-refractivity contribution in [3.8, 4) is 0 Å². The molecule has 4 rings (SSSR count). The molecule has 2 aliphatic rings. The first-order chi connectivity index (χ1) is 13.8. The van der Waals surface area contributed by atoms with E-state index in [-0.39, 0.29) is 17.3 Å². The van der Waals surface area contributed by atoms with Crippen molar-refractivity contribution in [3.63, 3.8) is 0 Å².